The predicted molar refractivity (Wildman–Crippen MR) is 54.8 cm³/mol. The lowest BCUT2D eigenvalue weighted by Gasteiger charge is -2.37. The maximum absolute atomic E-state index is 11.1. The standard InChI is InChI=1S/C10H18O7/c1-2-3-6(11)16-4-5-7(12)8(13)9(14)10(15)17-5/h5,7-10,12-15H,2-4H2,1H3/t5-,7-,8+,9+,10?/m1/s1. The normalized spacial score (nSPS) is 37.8. The first-order chi connectivity index (χ1) is 7.97. The van der Waals surface area contributed by atoms with E-state index in [1.807, 2.05) is 6.92 Å². The van der Waals surface area contributed by atoms with Crippen LogP contribution in [-0.2, 0) is 14.3 Å². The molecule has 7 heteroatoms. The summed E-state index contributed by atoms with van der Waals surface area (Å²) in [5.41, 5.74) is 0. The zero-order chi connectivity index (χ0) is 13.0. The van der Waals surface area contributed by atoms with Crippen molar-refractivity contribution < 1.29 is 34.7 Å². The van der Waals surface area contributed by atoms with Crippen LogP contribution < -0.4 is 0 Å². The summed E-state index contributed by atoms with van der Waals surface area (Å²) in [4.78, 5) is 11.1. The number of carbonyl (C=O) groups excluding carboxylic acids is 1. The summed E-state index contributed by atoms with van der Waals surface area (Å²) in [7, 11) is 0. The number of hydrogen-bond acceptors (Lipinski definition) is 7. The molecular weight excluding hydrogens is 232 g/mol. The molecule has 1 rings (SSSR count). The highest BCUT2D eigenvalue weighted by Gasteiger charge is 2.43. The highest BCUT2D eigenvalue weighted by molar-refractivity contribution is 5.69. The van der Waals surface area contributed by atoms with Crippen molar-refractivity contribution in [3.63, 3.8) is 0 Å². The molecule has 0 spiro atoms. The van der Waals surface area contributed by atoms with Gasteiger partial charge >= 0.3 is 5.97 Å². The Morgan fingerprint density at radius 1 is 1.18 bits per heavy atom. The van der Waals surface area contributed by atoms with Crippen LogP contribution in [-0.4, -0.2) is 63.7 Å². The minimum Gasteiger partial charge on any atom is -0.463 e. The molecule has 1 fully saturated rings. The van der Waals surface area contributed by atoms with Crippen LogP contribution in [0, 0.1) is 0 Å². The number of aliphatic hydroxyl groups is 4. The second-order valence-corrected chi connectivity index (χ2v) is 3.97. The SMILES string of the molecule is CCCC(=O)OC[C@H]1OC(O)[C@@H](O)[C@@H](O)[C@@H]1O. The molecule has 0 aliphatic carbocycles. The van der Waals surface area contributed by atoms with Gasteiger partial charge < -0.3 is 29.9 Å². The molecule has 7 nitrogen and oxygen atoms in total. The summed E-state index contributed by atoms with van der Waals surface area (Å²) < 4.78 is 9.62. The second-order valence-electron chi connectivity index (χ2n) is 3.97. The molecule has 5 atom stereocenters. The first-order valence-corrected chi connectivity index (χ1v) is 5.50. The fourth-order valence-electron chi connectivity index (χ4n) is 1.52. The molecule has 0 aromatic rings. The largest absolute Gasteiger partial charge is 0.463 e. The predicted octanol–water partition coefficient (Wildman–Crippen LogP) is -1.87. The fourth-order valence-corrected chi connectivity index (χ4v) is 1.52. The van der Waals surface area contributed by atoms with E-state index in [4.69, 9.17) is 9.47 Å². The molecule has 0 aromatic carbocycles. The van der Waals surface area contributed by atoms with Crippen molar-refractivity contribution in [2.24, 2.45) is 0 Å². The zero-order valence-electron chi connectivity index (χ0n) is 9.52. The van der Waals surface area contributed by atoms with Crippen LogP contribution in [0.25, 0.3) is 0 Å². The summed E-state index contributed by atoms with van der Waals surface area (Å²) in [5, 5.41) is 37.3. The molecule has 1 aliphatic rings. The number of carbonyl (C=O) groups is 1. The van der Waals surface area contributed by atoms with Crippen molar-refractivity contribution in [3.05, 3.63) is 0 Å². The molecule has 0 bridgehead atoms. The van der Waals surface area contributed by atoms with Gasteiger partial charge in [0.05, 0.1) is 0 Å². The molecule has 1 unspecified atom stereocenters. The first kappa shape index (κ1) is 14.3. The van der Waals surface area contributed by atoms with Crippen LogP contribution in [0.2, 0.25) is 0 Å². The smallest absolute Gasteiger partial charge is 0.305 e. The summed E-state index contributed by atoms with van der Waals surface area (Å²) in [6.45, 7) is 1.54. The lowest BCUT2D eigenvalue weighted by Crippen LogP contribution is -2.58. The van der Waals surface area contributed by atoms with Gasteiger partial charge in [-0.15, -0.1) is 0 Å². The highest BCUT2D eigenvalue weighted by atomic mass is 16.6. The number of hydrogen-bond donors (Lipinski definition) is 4. The monoisotopic (exact) mass is 250 g/mol. The van der Waals surface area contributed by atoms with Crippen LogP contribution in [0.1, 0.15) is 19.8 Å². The van der Waals surface area contributed by atoms with Gasteiger partial charge in [0.1, 0.15) is 31.0 Å². The van der Waals surface area contributed by atoms with Crippen LogP contribution >= 0.6 is 0 Å². The Balaban J connectivity index is 2.45. The number of esters is 1. The number of aliphatic hydroxyl groups excluding tert-OH is 4. The van der Waals surface area contributed by atoms with E-state index in [2.05, 4.69) is 0 Å². The molecular formula is C10H18O7. The summed E-state index contributed by atoms with van der Waals surface area (Å²) in [5.74, 6) is -0.446. The maximum atomic E-state index is 11.1. The highest BCUT2D eigenvalue weighted by Crippen LogP contribution is 2.20. The Hall–Kier alpha value is -0.730. The van der Waals surface area contributed by atoms with E-state index in [9.17, 15) is 25.2 Å². The molecule has 1 saturated heterocycles. The Morgan fingerprint density at radius 3 is 2.41 bits per heavy atom. The summed E-state index contributed by atoms with van der Waals surface area (Å²) >= 11 is 0. The third-order valence-electron chi connectivity index (χ3n) is 2.55. The summed E-state index contributed by atoms with van der Waals surface area (Å²) in [6.07, 6.45) is -6.30. The van der Waals surface area contributed by atoms with Crippen molar-refractivity contribution in [1.29, 1.82) is 0 Å². The van der Waals surface area contributed by atoms with E-state index < -0.39 is 36.7 Å². The number of rotatable bonds is 4. The Labute approximate surface area is 98.6 Å². The Kier molecular flexibility index (Phi) is 5.29. The molecule has 0 amide bonds. The average Bonchev–Trinajstić information content (AvgIpc) is 2.30. The van der Waals surface area contributed by atoms with Crippen molar-refractivity contribution in [2.75, 3.05) is 6.61 Å². The molecule has 0 saturated carbocycles. The van der Waals surface area contributed by atoms with Gasteiger partial charge in [-0.2, -0.15) is 0 Å². The zero-order valence-corrected chi connectivity index (χ0v) is 9.52. The quantitative estimate of drug-likeness (QED) is 0.432. The van der Waals surface area contributed by atoms with Gasteiger partial charge in [-0.25, -0.2) is 0 Å². The van der Waals surface area contributed by atoms with Gasteiger partial charge in [0.25, 0.3) is 0 Å². The van der Waals surface area contributed by atoms with E-state index in [-0.39, 0.29) is 13.0 Å². The van der Waals surface area contributed by atoms with Gasteiger partial charge in [-0.05, 0) is 6.42 Å². The molecule has 1 heterocycles. The molecule has 0 aromatic heterocycles. The van der Waals surface area contributed by atoms with Crippen molar-refractivity contribution >= 4 is 5.97 Å². The topological polar surface area (TPSA) is 116 Å². The molecule has 1 aliphatic heterocycles. The Bertz CT molecular complexity index is 257. The van der Waals surface area contributed by atoms with Gasteiger partial charge in [-0.3, -0.25) is 4.79 Å². The van der Waals surface area contributed by atoms with Crippen LogP contribution in [0.3, 0.4) is 0 Å². The van der Waals surface area contributed by atoms with E-state index in [0.29, 0.717) is 6.42 Å². The third-order valence-corrected chi connectivity index (χ3v) is 2.55. The van der Waals surface area contributed by atoms with E-state index in [1.54, 1.807) is 0 Å². The molecule has 17 heavy (non-hydrogen) atoms. The average molecular weight is 250 g/mol. The first-order valence-electron chi connectivity index (χ1n) is 5.50. The van der Waals surface area contributed by atoms with Crippen LogP contribution in [0.5, 0.6) is 0 Å². The second kappa shape index (κ2) is 6.27. The van der Waals surface area contributed by atoms with Gasteiger partial charge in [0.15, 0.2) is 6.29 Å². The maximum Gasteiger partial charge on any atom is 0.305 e. The van der Waals surface area contributed by atoms with E-state index in [1.165, 1.54) is 0 Å². The minimum atomic E-state index is -1.61. The van der Waals surface area contributed by atoms with Crippen molar-refractivity contribution in [3.8, 4) is 0 Å². The lowest BCUT2D eigenvalue weighted by atomic mass is 9.99. The van der Waals surface area contributed by atoms with Gasteiger partial charge in [0, 0.05) is 6.42 Å². The van der Waals surface area contributed by atoms with Crippen molar-refractivity contribution in [1.82, 2.24) is 0 Å². The molecule has 100 valence electrons. The summed E-state index contributed by atoms with van der Waals surface area (Å²) in [6, 6.07) is 0. The van der Waals surface area contributed by atoms with E-state index in [0.717, 1.165) is 0 Å². The van der Waals surface area contributed by atoms with Gasteiger partial charge in [0.2, 0.25) is 0 Å². The Morgan fingerprint density at radius 2 is 1.82 bits per heavy atom. The molecule has 4 N–H and O–H groups in total. The fraction of sp³-hybridized carbons (Fsp3) is 0.900. The lowest BCUT2D eigenvalue weighted by molar-refractivity contribution is -0.287. The number of ether oxygens (including phenoxy) is 2. The molecule has 0 radical (unpaired) electrons. The van der Waals surface area contributed by atoms with E-state index >= 15 is 0 Å². The van der Waals surface area contributed by atoms with Crippen molar-refractivity contribution in [2.45, 2.75) is 50.5 Å². The third kappa shape index (κ3) is 3.62. The van der Waals surface area contributed by atoms with Crippen LogP contribution in [0.15, 0.2) is 0 Å². The minimum absolute atomic E-state index is 0.247. The van der Waals surface area contributed by atoms with Gasteiger partial charge in [-0.1, -0.05) is 6.92 Å². The van der Waals surface area contributed by atoms with Crippen LogP contribution in [0.4, 0.5) is 0 Å².